The Balaban J connectivity index is 1.88. The lowest BCUT2D eigenvalue weighted by Crippen LogP contribution is -2.30. The molecule has 0 radical (unpaired) electrons. The number of hydrogen-bond acceptors (Lipinski definition) is 6. The molecule has 9 heteroatoms. The SMILES string of the molecule is CC1(c2cc(NC(=O)c3ncc(Cl)cn3)ccc2F)CCSC(N)=N1. The maximum Gasteiger partial charge on any atom is 0.293 e. The molecule has 1 aliphatic heterocycles. The van der Waals surface area contributed by atoms with E-state index < -0.39 is 17.3 Å². The largest absolute Gasteiger partial charge is 0.379 e. The molecule has 0 aliphatic carbocycles. The van der Waals surface area contributed by atoms with Gasteiger partial charge in [-0.25, -0.2) is 14.4 Å². The van der Waals surface area contributed by atoms with E-state index >= 15 is 0 Å². The van der Waals surface area contributed by atoms with E-state index in [1.807, 2.05) is 6.92 Å². The average Bonchev–Trinajstić information content (AvgIpc) is 2.57. The number of thioether (sulfide) groups is 1. The van der Waals surface area contributed by atoms with Crippen LogP contribution >= 0.6 is 23.4 Å². The second-order valence-electron chi connectivity index (χ2n) is 5.70. The number of nitrogens with two attached hydrogens (primary N) is 1. The number of rotatable bonds is 3. The minimum Gasteiger partial charge on any atom is -0.379 e. The molecule has 0 saturated heterocycles. The van der Waals surface area contributed by atoms with E-state index in [-0.39, 0.29) is 5.82 Å². The van der Waals surface area contributed by atoms with Crippen molar-refractivity contribution in [2.24, 2.45) is 10.7 Å². The molecule has 0 fully saturated rings. The van der Waals surface area contributed by atoms with E-state index in [1.54, 1.807) is 6.07 Å². The van der Waals surface area contributed by atoms with E-state index in [1.165, 1.54) is 36.3 Å². The van der Waals surface area contributed by atoms with Gasteiger partial charge in [-0.3, -0.25) is 9.79 Å². The highest BCUT2D eigenvalue weighted by Crippen LogP contribution is 2.37. The van der Waals surface area contributed by atoms with Gasteiger partial charge in [0.2, 0.25) is 5.82 Å². The lowest BCUT2D eigenvalue weighted by molar-refractivity contribution is 0.101. The molecule has 1 aromatic heterocycles. The highest BCUT2D eigenvalue weighted by atomic mass is 35.5. The number of anilines is 1. The lowest BCUT2D eigenvalue weighted by Gasteiger charge is -2.30. The van der Waals surface area contributed by atoms with Crippen LogP contribution in [-0.2, 0) is 5.54 Å². The lowest BCUT2D eigenvalue weighted by atomic mass is 9.89. The van der Waals surface area contributed by atoms with E-state index in [0.29, 0.717) is 27.9 Å². The first-order valence-electron chi connectivity index (χ1n) is 7.44. The molecule has 1 atom stereocenters. The molecule has 0 saturated carbocycles. The van der Waals surface area contributed by atoms with Gasteiger partial charge in [-0.05, 0) is 31.5 Å². The molecular weight excluding hydrogens is 365 g/mol. The fourth-order valence-corrected chi connectivity index (χ4v) is 3.59. The standard InChI is InChI=1S/C16H15ClFN5OS/c1-16(4-5-25-15(19)23-16)11-6-10(2-3-12(11)18)22-14(24)13-20-7-9(17)8-21-13/h2-3,6-8H,4-5H2,1H3,(H2,19,23)(H,22,24). The van der Waals surface area contributed by atoms with Crippen LogP contribution in [0.5, 0.6) is 0 Å². The summed E-state index contributed by atoms with van der Waals surface area (Å²) in [6, 6.07) is 4.34. The maximum absolute atomic E-state index is 14.4. The minimum absolute atomic E-state index is 0.0298. The van der Waals surface area contributed by atoms with Crippen molar-refractivity contribution in [1.29, 1.82) is 0 Å². The smallest absolute Gasteiger partial charge is 0.293 e. The molecule has 3 rings (SSSR count). The number of carbonyl (C=O) groups excluding carboxylic acids is 1. The van der Waals surface area contributed by atoms with Gasteiger partial charge in [-0.1, -0.05) is 23.4 Å². The molecule has 1 amide bonds. The molecule has 3 N–H and O–H groups in total. The van der Waals surface area contributed by atoms with Crippen LogP contribution < -0.4 is 11.1 Å². The third-order valence-electron chi connectivity index (χ3n) is 3.82. The van der Waals surface area contributed by atoms with E-state index in [4.69, 9.17) is 17.3 Å². The van der Waals surface area contributed by atoms with Gasteiger partial charge < -0.3 is 11.1 Å². The fraction of sp³-hybridized carbons (Fsp3) is 0.250. The quantitative estimate of drug-likeness (QED) is 0.854. The summed E-state index contributed by atoms with van der Waals surface area (Å²) in [4.78, 5) is 24.3. The predicted molar refractivity (Wildman–Crippen MR) is 97.4 cm³/mol. The van der Waals surface area contributed by atoms with Crippen LogP contribution in [0, 0.1) is 5.82 Å². The Hall–Kier alpha value is -2.19. The molecule has 130 valence electrons. The van der Waals surface area contributed by atoms with Gasteiger partial charge in [0.05, 0.1) is 10.6 Å². The predicted octanol–water partition coefficient (Wildman–Crippen LogP) is 3.19. The Bertz CT molecular complexity index is 845. The van der Waals surface area contributed by atoms with Crippen LogP contribution in [0.2, 0.25) is 5.02 Å². The number of amides is 1. The second-order valence-corrected chi connectivity index (χ2v) is 7.25. The van der Waals surface area contributed by atoms with E-state index in [2.05, 4.69) is 20.3 Å². The molecule has 6 nitrogen and oxygen atoms in total. The van der Waals surface area contributed by atoms with Crippen LogP contribution in [0.1, 0.15) is 29.5 Å². The summed E-state index contributed by atoms with van der Waals surface area (Å²) in [6.45, 7) is 1.83. The van der Waals surface area contributed by atoms with Crippen molar-refractivity contribution in [3.8, 4) is 0 Å². The van der Waals surface area contributed by atoms with Gasteiger partial charge in [-0.15, -0.1) is 0 Å². The van der Waals surface area contributed by atoms with Crippen LogP contribution in [0.4, 0.5) is 10.1 Å². The zero-order valence-corrected chi connectivity index (χ0v) is 14.9. The summed E-state index contributed by atoms with van der Waals surface area (Å²) in [5.41, 5.74) is 5.84. The Morgan fingerprint density at radius 1 is 1.40 bits per heavy atom. The third-order valence-corrected chi connectivity index (χ3v) is 4.81. The van der Waals surface area contributed by atoms with Crippen LogP contribution in [0.25, 0.3) is 0 Å². The zero-order valence-electron chi connectivity index (χ0n) is 13.3. The summed E-state index contributed by atoms with van der Waals surface area (Å²) in [5.74, 6) is -0.188. The Kier molecular flexibility index (Phi) is 4.91. The fourth-order valence-electron chi connectivity index (χ4n) is 2.51. The van der Waals surface area contributed by atoms with Crippen molar-refractivity contribution in [3.63, 3.8) is 0 Å². The number of aliphatic imine (C=N–C) groups is 1. The summed E-state index contributed by atoms with van der Waals surface area (Å²) in [6.07, 6.45) is 3.31. The number of nitrogens with zero attached hydrogens (tertiary/aromatic N) is 3. The van der Waals surface area contributed by atoms with Crippen molar-refractivity contribution in [2.75, 3.05) is 11.1 Å². The topological polar surface area (TPSA) is 93.3 Å². The Labute approximate surface area is 153 Å². The highest BCUT2D eigenvalue weighted by molar-refractivity contribution is 8.13. The summed E-state index contributed by atoms with van der Waals surface area (Å²) >= 11 is 7.15. The monoisotopic (exact) mass is 379 g/mol. The molecule has 2 aromatic rings. The second kappa shape index (κ2) is 6.97. The minimum atomic E-state index is -0.767. The van der Waals surface area contributed by atoms with Crippen LogP contribution in [0.15, 0.2) is 35.6 Å². The molecule has 1 unspecified atom stereocenters. The molecular formula is C16H15ClFN5OS. The average molecular weight is 380 g/mol. The van der Waals surface area contributed by atoms with E-state index in [0.717, 1.165) is 5.75 Å². The number of aromatic nitrogens is 2. The van der Waals surface area contributed by atoms with Crippen LogP contribution in [-0.4, -0.2) is 26.8 Å². The van der Waals surface area contributed by atoms with Gasteiger partial charge in [-0.2, -0.15) is 0 Å². The third kappa shape index (κ3) is 3.91. The molecule has 1 aliphatic rings. The van der Waals surface area contributed by atoms with Crippen molar-refractivity contribution < 1.29 is 9.18 Å². The Morgan fingerprint density at radius 2 is 2.12 bits per heavy atom. The normalized spacial score (nSPS) is 20.0. The van der Waals surface area contributed by atoms with Gasteiger partial charge in [0.15, 0.2) is 5.17 Å². The van der Waals surface area contributed by atoms with Crippen LogP contribution in [0.3, 0.4) is 0 Å². The molecule has 25 heavy (non-hydrogen) atoms. The summed E-state index contributed by atoms with van der Waals surface area (Å²) in [7, 11) is 0. The highest BCUT2D eigenvalue weighted by Gasteiger charge is 2.32. The number of benzene rings is 1. The van der Waals surface area contributed by atoms with Gasteiger partial charge in [0.25, 0.3) is 5.91 Å². The van der Waals surface area contributed by atoms with Crippen molar-refractivity contribution in [2.45, 2.75) is 18.9 Å². The number of halogens is 2. The summed E-state index contributed by atoms with van der Waals surface area (Å²) < 4.78 is 14.4. The molecule has 0 bridgehead atoms. The number of amidine groups is 1. The van der Waals surface area contributed by atoms with Crippen molar-refractivity contribution in [1.82, 2.24) is 9.97 Å². The molecule has 0 spiro atoms. The maximum atomic E-state index is 14.4. The number of nitrogens with one attached hydrogen (secondary N) is 1. The van der Waals surface area contributed by atoms with Crippen molar-refractivity contribution in [3.05, 3.63) is 52.8 Å². The van der Waals surface area contributed by atoms with Gasteiger partial charge in [0, 0.05) is 29.4 Å². The van der Waals surface area contributed by atoms with Gasteiger partial charge >= 0.3 is 0 Å². The van der Waals surface area contributed by atoms with Gasteiger partial charge in [0.1, 0.15) is 5.82 Å². The zero-order chi connectivity index (χ0) is 18.0. The Morgan fingerprint density at radius 3 is 2.80 bits per heavy atom. The van der Waals surface area contributed by atoms with Crippen molar-refractivity contribution >= 4 is 40.1 Å². The molecule has 1 aromatic carbocycles. The first-order chi connectivity index (χ1) is 11.9. The van der Waals surface area contributed by atoms with E-state index in [9.17, 15) is 9.18 Å². The number of hydrogen-bond donors (Lipinski definition) is 2. The summed E-state index contributed by atoms with van der Waals surface area (Å²) in [5, 5.41) is 3.41. The number of carbonyl (C=O) groups is 1. The first kappa shape index (κ1) is 17.6. The molecule has 2 heterocycles. The first-order valence-corrected chi connectivity index (χ1v) is 8.81.